The van der Waals surface area contributed by atoms with Crippen molar-refractivity contribution in [3.63, 3.8) is 0 Å². The zero-order chi connectivity index (χ0) is 18.5. The molecule has 26 heavy (non-hydrogen) atoms. The van der Waals surface area contributed by atoms with E-state index in [1.165, 1.54) is 11.8 Å². The van der Waals surface area contributed by atoms with E-state index in [1.807, 2.05) is 30.9 Å². The minimum Gasteiger partial charge on any atom is -0.337 e. The summed E-state index contributed by atoms with van der Waals surface area (Å²) < 4.78 is 0. The molecule has 1 aliphatic rings. The largest absolute Gasteiger partial charge is 0.337 e. The Morgan fingerprint density at radius 3 is 2.77 bits per heavy atom. The van der Waals surface area contributed by atoms with Gasteiger partial charge < -0.3 is 15.5 Å². The molecular weight excluding hydrogens is 352 g/mol. The maximum Gasteiger partial charge on any atom is 0.319 e. The molecule has 0 aliphatic carbocycles. The van der Waals surface area contributed by atoms with Crippen LogP contribution in [0, 0.1) is 6.92 Å². The Bertz CT molecular complexity index is 776. The highest BCUT2D eigenvalue weighted by atomic mass is 32.2. The fraction of sp³-hybridized carbons (Fsp3) is 0.412. The van der Waals surface area contributed by atoms with Crippen LogP contribution >= 0.6 is 11.8 Å². The third kappa shape index (κ3) is 4.54. The average molecular weight is 374 g/mol. The number of urea groups is 1. The number of anilines is 2. The molecule has 8 nitrogen and oxygen atoms in total. The number of aromatic amines is 1. The fourth-order valence-electron chi connectivity index (χ4n) is 2.80. The van der Waals surface area contributed by atoms with E-state index in [9.17, 15) is 9.59 Å². The van der Waals surface area contributed by atoms with Gasteiger partial charge in [0.1, 0.15) is 5.82 Å². The lowest BCUT2D eigenvalue weighted by Crippen LogP contribution is -2.31. The van der Waals surface area contributed by atoms with Gasteiger partial charge in [-0.25, -0.2) is 9.78 Å². The van der Waals surface area contributed by atoms with Crippen LogP contribution in [0.2, 0.25) is 0 Å². The molecule has 2 aromatic rings. The maximum absolute atomic E-state index is 11.9. The molecule has 3 rings (SSSR count). The van der Waals surface area contributed by atoms with Crippen molar-refractivity contribution < 1.29 is 9.59 Å². The minimum atomic E-state index is -0.268. The highest BCUT2D eigenvalue weighted by Gasteiger charge is 2.28. The molecule has 0 saturated carbocycles. The molecule has 1 atom stereocenters. The van der Waals surface area contributed by atoms with Crippen molar-refractivity contribution in [1.29, 1.82) is 0 Å². The van der Waals surface area contributed by atoms with E-state index in [1.54, 1.807) is 12.1 Å². The van der Waals surface area contributed by atoms with Crippen LogP contribution in [-0.2, 0) is 4.79 Å². The van der Waals surface area contributed by atoms with Gasteiger partial charge in [0.2, 0.25) is 11.1 Å². The van der Waals surface area contributed by atoms with Crippen molar-refractivity contribution in [3.05, 3.63) is 30.1 Å². The molecule has 2 heterocycles. The summed E-state index contributed by atoms with van der Waals surface area (Å²) in [5, 5.41) is 13.0. The number of carbonyl (C=O) groups is 2. The molecule has 0 radical (unpaired) electrons. The van der Waals surface area contributed by atoms with E-state index < -0.39 is 0 Å². The van der Waals surface area contributed by atoms with Crippen molar-refractivity contribution in [2.45, 2.75) is 37.9 Å². The molecule has 1 aromatic carbocycles. The fourth-order valence-corrected chi connectivity index (χ4v) is 3.50. The molecule has 0 bridgehead atoms. The first-order valence-electron chi connectivity index (χ1n) is 8.51. The summed E-state index contributed by atoms with van der Waals surface area (Å²) >= 11 is 1.47. The number of aryl methyl sites for hydroxylation is 1. The van der Waals surface area contributed by atoms with Gasteiger partial charge >= 0.3 is 6.03 Å². The first-order chi connectivity index (χ1) is 12.5. The molecule has 9 heteroatoms. The number of rotatable bonds is 6. The number of carbonyl (C=O) groups excluding carboxylic acids is 2. The lowest BCUT2D eigenvalue weighted by molar-refractivity contribution is -0.117. The predicted octanol–water partition coefficient (Wildman–Crippen LogP) is 2.54. The number of H-pyrrole nitrogens is 1. The lowest BCUT2D eigenvalue weighted by Gasteiger charge is -2.22. The van der Waals surface area contributed by atoms with Crippen LogP contribution in [0.4, 0.5) is 16.2 Å². The van der Waals surface area contributed by atoms with Gasteiger partial charge in [0.05, 0.1) is 0 Å². The zero-order valence-corrected chi connectivity index (χ0v) is 15.6. The Morgan fingerprint density at radius 2 is 2.15 bits per heavy atom. The van der Waals surface area contributed by atoms with Crippen LogP contribution < -0.4 is 15.5 Å². The minimum absolute atomic E-state index is 0.148. The smallest absolute Gasteiger partial charge is 0.319 e. The molecule has 3 amide bonds. The Kier molecular flexibility index (Phi) is 5.77. The summed E-state index contributed by atoms with van der Waals surface area (Å²) in [4.78, 5) is 29.9. The van der Waals surface area contributed by atoms with Gasteiger partial charge in [-0.2, -0.15) is 0 Å². The van der Waals surface area contributed by atoms with Crippen molar-refractivity contribution in [2.75, 3.05) is 22.5 Å². The summed E-state index contributed by atoms with van der Waals surface area (Å²) in [5.74, 6) is 1.60. The van der Waals surface area contributed by atoms with Gasteiger partial charge in [0, 0.05) is 36.1 Å². The summed E-state index contributed by atoms with van der Waals surface area (Å²) in [6.07, 6.45) is 1.47. The van der Waals surface area contributed by atoms with E-state index >= 15 is 0 Å². The second kappa shape index (κ2) is 8.22. The highest BCUT2D eigenvalue weighted by molar-refractivity contribution is 7.99. The van der Waals surface area contributed by atoms with Crippen LogP contribution in [0.15, 0.2) is 29.4 Å². The number of hydrogen-bond acceptors (Lipinski definition) is 5. The predicted molar refractivity (Wildman–Crippen MR) is 101 cm³/mol. The molecule has 3 N–H and O–H groups in total. The topological polar surface area (TPSA) is 103 Å². The van der Waals surface area contributed by atoms with Crippen molar-refractivity contribution in [3.8, 4) is 0 Å². The van der Waals surface area contributed by atoms with E-state index in [2.05, 4.69) is 25.8 Å². The van der Waals surface area contributed by atoms with Crippen LogP contribution in [0.5, 0.6) is 0 Å². The zero-order valence-electron chi connectivity index (χ0n) is 14.8. The molecule has 1 aromatic heterocycles. The van der Waals surface area contributed by atoms with Crippen LogP contribution in [-0.4, -0.2) is 45.5 Å². The summed E-state index contributed by atoms with van der Waals surface area (Å²) in [7, 11) is 0. The van der Waals surface area contributed by atoms with Gasteiger partial charge in [-0.3, -0.25) is 9.89 Å². The summed E-state index contributed by atoms with van der Waals surface area (Å²) in [6, 6.07) is 7.27. The first kappa shape index (κ1) is 18.2. The number of nitrogens with one attached hydrogen (secondary N) is 3. The molecule has 1 fully saturated rings. The first-order valence-corrected chi connectivity index (χ1v) is 9.50. The Hall–Kier alpha value is -2.55. The van der Waals surface area contributed by atoms with Crippen LogP contribution in [0.1, 0.15) is 25.6 Å². The second-order valence-electron chi connectivity index (χ2n) is 6.13. The Morgan fingerprint density at radius 1 is 1.38 bits per heavy atom. The highest BCUT2D eigenvalue weighted by Crippen LogP contribution is 2.27. The molecule has 0 spiro atoms. The summed E-state index contributed by atoms with van der Waals surface area (Å²) in [6.45, 7) is 4.39. The van der Waals surface area contributed by atoms with Gasteiger partial charge in [-0.05, 0) is 44.5 Å². The van der Waals surface area contributed by atoms with Gasteiger partial charge in [0.15, 0.2) is 0 Å². The van der Waals surface area contributed by atoms with Crippen LogP contribution in [0.3, 0.4) is 0 Å². The van der Waals surface area contributed by atoms with Crippen molar-refractivity contribution >= 4 is 35.1 Å². The summed E-state index contributed by atoms with van der Waals surface area (Å²) in [5.41, 5.74) is 1.55. The number of benzene rings is 1. The van der Waals surface area contributed by atoms with Crippen LogP contribution in [0.25, 0.3) is 0 Å². The number of thioether (sulfide) groups is 1. The van der Waals surface area contributed by atoms with Gasteiger partial charge in [0.25, 0.3) is 0 Å². The van der Waals surface area contributed by atoms with E-state index in [4.69, 9.17) is 0 Å². The maximum atomic E-state index is 11.9. The number of amides is 3. The Balaban J connectivity index is 1.43. The number of aromatic nitrogens is 3. The Labute approximate surface area is 156 Å². The molecule has 1 aliphatic heterocycles. The second-order valence-corrected chi connectivity index (χ2v) is 7.19. The molecule has 0 unspecified atom stereocenters. The van der Waals surface area contributed by atoms with Crippen molar-refractivity contribution in [1.82, 2.24) is 20.5 Å². The van der Waals surface area contributed by atoms with Crippen molar-refractivity contribution in [2.24, 2.45) is 0 Å². The standard InChI is InChI=1S/C17H22N6O2S/c1-11-3-8-15(24)23(11)14-6-4-13(5-7-14)20-16(25)18-9-10-26-17-19-12(2)21-22-17/h4-7,11H,3,8-10H2,1-2H3,(H2,18,20,25)(H,19,21,22)/t11-/m0/s1. The van der Waals surface area contributed by atoms with E-state index in [0.29, 0.717) is 29.6 Å². The quantitative estimate of drug-likeness (QED) is 0.533. The van der Waals surface area contributed by atoms with E-state index in [0.717, 1.165) is 17.9 Å². The third-order valence-electron chi connectivity index (χ3n) is 4.08. The van der Waals surface area contributed by atoms with Gasteiger partial charge in [-0.15, -0.1) is 5.10 Å². The number of nitrogens with zero attached hydrogens (tertiary/aromatic N) is 3. The third-order valence-corrected chi connectivity index (χ3v) is 4.93. The average Bonchev–Trinajstić information content (AvgIpc) is 3.18. The normalized spacial score (nSPS) is 16.8. The lowest BCUT2D eigenvalue weighted by atomic mass is 10.2. The monoisotopic (exact) mass is 374 g/mol. The number of hydrogen-bond donors (Lipinski definition) is 3. The van der Waals surface area contributed by atoms with E-state index in [-0.39, 0.29) is 18.0 Å². The molecular formula is C17H22N6O2S. The van der Waals surface area contributed by atoms with Gasteiger partial charge in [-0.1, -0.05) is 11.8 Å². The molecule has 138 valence electrons. The molecule has 1 saturated heterocycles. The SMILES string of the molecule is Cc1nc(SCCNC(=O)Nc2ccc(N3C(=O)CC[C@@H]3C)cc2)n[nH]1.